The van der Waals surface area contributed by atoms with E-state index in [1.54, 1.807) is 0 Å². The molecule has 0 aromatic heterocycles. The lowest BCUT2D eigenvalue weighted by Gasteiger charge is -2.48. The second-order valence-corrected chi connectivity index (χ2v) is 7.61. The van der Waals surface area contributed by atoms with E-state index in [9.17, 15) is 0 Å². The Bertz CT molecular complexity index is 520. The number of fused-ring (bicyclic) bond motifs is 1. The summed E-state index contributed by atoms with van der Waals surface area (Å²) in [5.74, 6) is 0.637. The lowest BCUT2D eigenvalue weighted by Crippen LogP contribution is -2.55. The fourth-order valence-electron chi connectivity index (χ4n) is 5.02. The number of nitrogens with two attached hydrogens (primary N) is 1. The van der Waals surface area contributed by atoms with Gasteiger partial charge in [-0.2, -0.15) is 0 Å². The summed E-state index contributed by atoms with van der Waals surface area (Å²) in [6.07, 6.45) is 10.9. The van der Waals surface area contributed by atoms with Crippen molar-refractivity contribution in [3.8, 4) is 0 Å². The van der Waals surface area contributed by atoms with Gasteiger partial charge in [-0.25, -0.2) is 0 Å². The first-order valence-corrected chi connectivity index (χ1v) is 8.69. The van der Waals surface area contributed by atoms with Crippen LogP contribution in [0.3, 0.4) is 0 Å². The van der Waals surface area contributed by atoms with Crippen molar-refractivity contribution in [2.45, 2.75) is 68.9 Å². The first-order chi connectivity index (χ1) is 10.2. The van der Waals surface area contributed by atoms with E-state index < -0.39 is 0 Å². The molecule has 1 aromatic carbocycles. The molecule has 0 radical (unpaired) electrons. The predicted octanol–water partition coefficient (Wildman–Crippen LogP) is 3.61. The molecular weight excluding hydrogens is 258 g/mol. The SMILES string of the molecule is NC1(C2CCOC3(CCCC3)C2)CCc2ccccc2C1. The van der Waals surface area contributed by atoms with Crippen LogP contribution < -0.4 is 5.73 Å². The van der Waals surface area contributed by atoms with Crippen LogP contribution in [0.25, 0.3) is 0 Å². The highest BCUT2D eigenvalue weighted by molar-refractivity contribution is 5.32. The van der Waals surface area contributed by atoms with Crippen LogP contribution in [0, 0.1) is 5.92 Å². The zero-order valence-electron chi connectivity index (χ0n) is 12.9. The third kappa shape index (κ3) is 2.43. The number of benzene rings is 1. The molecule has 2 fully saturated rings. The molecule has 4 rings (SSSR count). The van der Waals surface area contributed by atoms with Gasteiger partial charge >= 0.3 is 0 Å². The molecule has 0 amide bonds. The summed E-state index contributed by atoms with van der Waals surface area (Å²) in [5, 5.41) is 0. The Morgan fingerprint density at radius 1 is 1.05 bits per heavy atom. The van der Waals surface area contributed by atoms with E-state index in [1.165, 1.54) is 43.2 Å². The number of ether oxygens (including phenoxy) is 1. The molecule has 3 aliphatic rings. The Morgan fingerprint density at radius 2 is 1.81 bits per heavy atom. The average molecular weight is 285 g/mol. The molecule has 1 saturated heterocycles. The quantitative estimate of drug-likeness (QED) is 0.855. The summed E-state index contributed by atoms with van der Waals surface area (Å²) in [6.45, 7) is 0.922. The van der Waals surface area contributed by atoms with Gasteiger partial charge in [-0.15, -0.1) is 0 Å². The molecule has 1 saturated carbocycles. The molecule has 1 aromatic rings. The molecule has 1 heterocycles. The van der Waals surface area contributed by atoms with Crippen LogP contribution in [0.15, 0.2) is 24.3 Å². The summed E-state index contributed by atoms with van der Waals surface area (Å²) < 4.78 is 6.21. The molecule has 21 heavy (non-hydrogen) atoms. The molecule has 2 unspecified atom stereocenters. The van der Waals surface area contributed by atoms with E-state index in [0.29, 0.717) is 5.92 Å². The molecule has 2 atom stereocenters. The number of hydrogen-bond donors (Lipinski definition) is 1. The third-order valence-electron chi connectivity index (χ3n) is 6.32. The van der Waals surface area contributed by atoms with Crippen molar-refractivity contribution < 1.29 is 4.74 Å². The van der Waals surface area contributed by atoms with Crippen LogP contribution in [0.2, 0.25) is 0 Å². The molecule has 2 nitrogen and oxygen atoms in total. The molecule has 0 bridgehead atoms. The van der Waals surface area contributed by atoms with E-state index in [1.807, 2.05) is 0 Å². The zero-order valence-corrected chi connectivity index (χ0v) is 12.9. The standard InChI is InChI=1S/C19H27NO/c20-19(11-7-15-5-1-2-6-16(15)13-19)17-8-12-21-18(14-17)9-3-4-10-18/h1-2,5-6,17H,3-4,7-14,20H2. The highest BCUT2D eigenvalue weighted by Crippen LogP contribution is 2.46. The maximum Gasteiger partial charge on any atom is 0.0685 e. The number of hydrogen-bond acceptors (Lipinski definition) is 2. The number of rotatable bonds is 1. The maximum atomic E-state index is 6.94. The summed E-state index contributed by atoms with van der Waals surface area (Å²) in [6, 6.07) is 8.87. The largest absolute Gasteiger partial charge is 0.375 e. The predicted molar refractivity (Wildman–Crippen MR) is 85.3 cm³/mol. The topological polar surface area (TPSA) is 35.2 Å². The molecule has 1 aliphatic heterocycles. The fourth-order valence-corrected chi connectivity index (χ4v) is 5.02. The Morgan fingerprint density at radius 3 is 2.62 bits per heavy atom. The normalized spacial score (nSPS) is 34.8. The van der Waals surface area contributed by atoms with E-state index in [-0.39, 0.29) is 11.1 Å². The minimum absolute atomic E-state index is 0.00623. The van der Waals surface area contributed by atoms with Crippen LogP contribution in [0.5, 0.6) is 0 Å². The average Bonchev–Trinajstić information content (AvgIpc) is 2.95. The highest BCUT2D eigenvalue weighted by Gasteiger charge is 2.46. The highest BCUT2D eigenvalue weighted by atomic mass is 16.5. The maximum absolute atomic E-state index is 6.94. The minimum Gasteiger partial charge on any atom is -0.375 e. The second kappa shape index (κ2) is 5.10. The van der Waals surface area contributed by atoms with Crippen molar-refractivity contribution in [3.63, 3.8) is 0 Å². The van der Waals surface area contributed by atoms with Gasteiger partial charge in [-0.3, -0.25) is 0 Å². The van der Waals surface area contributed by atoms with Gasteiger partial charge < -0.3 is 10.5 Å². The molecule has 1 spiro atoms. The lowest BCUT2D eigenvalue weighted by atomic mass is 9.66. The Balaban J connectivity index is 1.55. The van der Waals surface area contributed by atoms with Crippen LogP contribution in [0.1, 0.15) is 56.1 Å². The van der Waals surface area contributed by atoms with E-state index >= 15 is 0 Å². The Kier molecular flexibility index (Phi) is 3.35. The molecule has 114 valence electrons. The van der Waals surface area contributed by atoms with Crippen LogP contribution in [-0.2, 0) is 17.6 Å². The van der Waals surface area contributed by atoms with Gasteiger partial charge in [0.1, 0.15) is 0 Å². The van der Waals surface area contributed by atoms with E-state index in [0.717, 1.165) is 32.3 Å². The summed E-state index contributed by atoms with van der Waals surface area (Å²) in [7, 11) is 0. The van der Waals surface area contributed by atoms with Crippen LogP contribution >= 0.6 is 0 Å². The number of aryl methyl sites for hydroxylation is 1. The van der Waals surface area contributed by atoms with Crippen molar-refractivity contribution in [3.05, 3.63) is 35.4 Å². The molecule has 2 N–H and O–H groups in total. The fraction of sp³-hybridized carbons (Fsp3) is 0.684. The summed E-state index contributed by atoms with van der Waals surface area (Å²) in [4.78, 5) is 0. The first kappa shape index (κ1) is 13.8. The van der Waals surface area contributed by atoms with Crippen LogP contribution in [-0.4, -0.2) is 17.7 Å². The zero-order chi connectivity index (χ0) is 14.3. The van der Waals surface area contributed by atoms with Gasteiger partial charge in [0.15, 0.2) is 0 Å². The molecule has 2 aliphatic carbocycles. The van der Waals surface area contributed by atoms with Crippen molar-refractivity contribution >= 4 is 0 Å². The molecule has 2 heteroatoms. The van der Waals surface area contributed by atoms with Crippen molar-refractivity contribution in [1.29, 1.82) is 0 Å². The minimum atomic E-state index is -0.00623. The van der Waals surface area contributed by atoms with Gasteiger partial charge in [0, 0.05) is 12.1 Å². The summed E-state index contributed by atoms with van der Waals surface area (Å²) in [5.41, 5.74) is 10.1. The van der Waals surface area contributed by atoms with Crippen LogP contribution in [0.4, 0.5) is 0 Å². The van der Waals surface area contributed by atoms with Crippen molar-refractivity contribution in [2.24, 2.45) is 11.7 Å². The van der Waals surface area contributed by atoms with Gasteiger partial charge in [-0.05, 0) is 62.0 Å². The van der Waals surface area contributed by atoms with Gasteiger partial charge in [0.25, 0.3) is 0 Å². The second-order valence-electron chi connectivity index (χ2n) is 7.61. The smallest absolute Gasteiger partial charge is 0.0685 e. The van der Waals surface area contributed by atoms with Gasteiger partial charge in [0.2, 0.25) is 0 Å². The third-order valence-corrected chi connectivity index (χ3v) is 6.32. The van der Waals surface area contributed by atoms with Gasteiger partial charge in [-0.1, -0.05) is 37.1 Å². The Labute approximate surface area is 128 Å². The first-order valence-electron chi connectivity index (χ1n) is 8.69. The van der Waals surface area contributed by atoms with Crippen molar-refractivity contribution in [2.75, 3.05) is 6.61 Å². The van der Waals surface area contributed by atoms with Gasteiger partial charge in [0.05, 0.1) is 5.60 Å². The molecular formula is C19H27NO. The van der Waals surface area contributed by atoms with E-state index in [2.05, 4.69) is 24.3 Å². The van der Waals surface area contributed by atoms with E-state index in [4.69, 9.17) is 10.5 Å². The van der Waals surface area contributed by atoms with Crippen molar-refractivity contribution in [1.82, 2.24) is 0 Å². The monoisotopic (exact) mass is 285 g/mol. The summed E-state index contributed by atoms with van der Waals surface area (Å²) >= 11 is 0. The Hall–Kier alpha value is -0.860. The lowest BCUT2D eigenvalue weighted by molar-refractivity contribution is -0.106.